The molecule has 0 bridgehead atoms. The van der Waals surface area contributed by atoms with Crippen molar-refractivity contribution in [3.63, 3.8) is 0 Å². The number of allylic oxidation sites excluding steroid dienone is 1. The predicted molar refractivity (Wildman–Crippen MR) is 272 cm³/mol. The fourth-order valence-corrected chi connectivity index (χ4v) is 11.1. The summed E-state index contributed by atoms with van der Waals surface area (Å²) in [6, 6.07) is 69.5. The molecule has 0 fully saturated rings. The van der Waals surface area contributed by atoms with Crippen molar-refractivity contribution in [3.05, 3.63) is 217 Å². The minimum Gasteiger partial charge on any atom is -0.454 e. The van der Waals surface area contributed by atoms with Crippen LogP contribution in [0.5, 0.6) is 0 Å². The van der Waals surface area contributed by atoms with Gasteiger partial charge in [0.05, 0.1) is 28.1 Å². The number of thiophene rings is 1. The Balaban J connectivity index is 1.11. The molecule has 4 nitrogen and oxygen atoms in total. The smallest absolute Gasteiger partial charge is 0.160 e. The molecule has 0 aliphatic carbocycles. The van der Waals surface area contributed by atoms with Gasteiger partial charge in [-0.15, -0.1) is 11.3 Å². The summed E-state index contributed by atoms with van der Waals surface area (Å²) in [5, 5.41) is 9.45. The minimum absolute atomic E-state index is 0.0695. The molecule has 0 amide bonds. The van der Waals surface area contributed by atoms with Crippen molar-refractivity contribution in [1.82, 2.24) is 4.57 Å². The van der Waals surface area contributed by atoms with Gasteiger partial charge in [-0.1, -0.05) is 153 Å². The molecule has 1 unspecified atom stereocenters. The first kappa shape index (κ1) is 36.8. The number of para-hydroxylation sites is 2. The van der Waals surface area contributed by atoms with E-state index >= 15 is 0 Å². The molecule has 0 spiro atoms. The van der Waals surface area contributed by atoms with Crippen LogP contribution in [0.2, 0.25) is 0 Å². The highest BCUT2D eigenvalue weighted by atomic mass is 32.1. The van der Waals surface area contributed by atoms with E-state index < -0.39 is 0 Å². The van der Waals surface area contributed by atoms with E-state index in [4.69, 9.17) is 14.4 Å². The number of nitrogens with zero attached hydrogens (tertiary/aromatic N) is 3. The lowest BCUT2D eigenvalue weighted by molar-refractivity contribution is 0.666. The maximum Gasteiger partial charge on any atom is 0.160 e. The Kier molecular flexibility index (Phi) is 8.40. The molecule has 64 heavy (non-hydrogen) atoms. The standard InChI is InChI=1S/C59H39N3OS/c1-36-29-32-49(60-59(41-20-13-19-38(33-41)37-15-3-2-4-16-37)61-56(36)47-24-14-28-54-55(47)46-23-9-12-27-53(46)64-54)45-31-30-44-43-22-8-11-26-52(43)63-58(44)57(45)62-50-25-10-7-21-42(50)48-34-39-17-5-6-18-40(39)35-51(48)62/h2-28,30-36H,29H2,1H3/b49-32+,60-59-,61-56+. The third-order valence-corrected chi connectivity index (χ3v) is 14.2. The van der Waals surface area contributed by atoms with Crippen molar-refractivity contribution >= 4 is 103 Å². The van der Waals surface area contributed by atoms with Gasteiger partial charge in [0, 0.05) is 64.3 Å². The first-order chi connectivity index (χ1) is 31.6. The summed E-state index contributed by atoms with van der Waals surface area (Å²) in [5.41, 5.74) is 12.1. The van der Waals surface area contributed by atoms with Crippen LogP contribution in [0.3, 0.4) is 0 Å². The number of aliphatic imine (C=N–C) groups is 2. The number of hydrogen-bond acceptors (Lipinski definition) is 4. The van der Waals surface area contributed by atoms with Crippen molar-refractivity contribution in [2.75, 3.05) is 0 Å². The fraction of sp³-hybridized carbons (Fsp3) is 0.0508. The van der Waals surface area contributed by atoms with Crippen molar-refractivity contribution in [1.29, 1.82) is 0 Å². The number of hydrogen-bond donors (Lipinski definition) is 0. The van der Waals surface area contributed by atoms with E-state index in [1.807, 2.05) is 17.4 Å². The van der Waals surface area contributed by atoms with Gasteiger partial charge in [0.25, 0.3) is 0 Å². The molecule has 1 aliphatic heterocycles. The molecule has 1 atom stereocenters. The van der Waals surface area contributed by atoms with E-state index in [0.717, 1.165) is 84.3 Å². The van der Waals surface area contributed by atoms with Crippen LogP contribution in [0.4, 0.5) is 0 Å². The number of amidine groups is 1. The SMILES string of the molecule is CC1C/C=C(c2ccc3c(oc4ccccc43)c2-n2c3ccccc3c3cc4ccccc4cc32)/N=C(c2cccc(-c3ccccc3)c2)\N=C/1c1cccc2sc3ccccc3c12. The number of benzene rings is 9. The Labute approximate surface area is 373 Å². The van der Waals surface area contributed by atoms with Gasteiger partial charge in [0.2, 0.25) is 0 Å². The first-order valence-electron chi connectivity index (χ1n) is 22.0. The van der Waals surface area contributed by atoms with E-state index in [-0.39, 0.29) is 5.92 Å². The highest BCUT2D eigenvalue weighted by molar-refractivity contribution is 7.25. The van der Waals surface area contributed by atoms with Crippen LogP contribution in [0.15, 0.2) is 215 Å². The minimum atomic E-state index is 0.0695. The van der Waals surface area contributed by atoms with Crippen LogP contribution in [0, 0.1) is 5.92 Å². The zero-order chi connectivity index (χ0) is 42.3. The molecule has 12 aromatic rings. The van der Waals surface area contributed by atoms with Crippen molar-refractivity contribution in [2.45, 2.75) is 13.3 Å². The van der Waals surface area contributed by atoms with E-state index in [1.54, 1.807) is 0 Å². The van der Waals surface area contributed by atoms with Crippen LogP contribution in [0.1, 0.15) is 30.0 Å². The molecule has 0 N–H and O–H groups in total. The van der Waals surface area contributed by atoms with Gasteiger partial charge in [-0.3, -0.25) is 0 Å². The second kappa shape index (κ2) is 14.6. The van der Waals surface area contributed by atoms with E-state index in [0.29, 0.717) is 5.84 Å². The summed E-state index contributed by atoms with van der Waals surface area (Å²) in [6.07, 6.45) is 3.08. The third-order valence-electron chi connectivity index (χ3n) is 13.1. The van der Waals surface area contributed by atoms with E-state index in [9.17, 15) is 0 Å². The molecule has 0 saturated carbocycles. The number of aromatic nitrogens is 1. The lowest BCUT2D eigenvalue weighted by Crippen LogP contribution is -2.17. The molecule has 3 aromatic heterocycles. The predicted octanol–water partition coefficient (Wildman–Crippen LogP) is 16.2. The van der Waals surface area contributed by atoms with E-state index in [1.165, 1.54) is 41.7 Å². The summed E-state index contributed by atoms with van der Waals surface area (Å²) in [6.45, 7) is 2.31. The van der Waals surface area contributed by atoms with Crippen molar-refractivity contribution in [3.8, 4) is 16.8 Å². The Bertz CT molecular complexity index is 3950. The van der Waals surface area contributed by atoms with Crippen LogP contribution in [-0.2, 0) is 0 Å². The average Bonchev–Trinajstić information content (AvgIpc) is 4.02. The molecular formula is C59H39N3OS. The summed E-state index contributed by atoms with van der Waals surface area (Å²) in [4.78, 5) is 11.5. The van der Waals surface area contributed by atoms with Crippen molar-refractivity contribution in [2.24, 2.45) is 15.9 Å². The number of rotatable bonds is 5. The van der Waals surface area contributed by atoms with Crippen LogP contribution < -0.4 is 0 Å². The summed E-state index contributed by atoms with van der Waals surface area (Å²) in [5.74, 6) is 0.742. The summed E-state index contributed by atoms with van der Waals surface area (Å²) >= 11 is 1.84. The highest BCUT2D eigenvalue weighted by Gasteiger charge is 2.26. The van der Waals surface area contributed by atoms with Gasteiger partial charge < -0.3 is 8.98 Å². The Hall–Kier alpha value is -7.86. The molecule has 4 heterocycles. The van der Waals surface area contributed by atoms with Gasteiger partial charge in [-0.05, 0) is 82.9 Å². The first-order valence-corrected chi connectivity index (χ1v) is 22.8. The molecule has 0 saturated heterocycles. The van der Waals surface area contributed by atoms with E-state index in [2.05, 4.69) is 206 Å². The fourth-order valence-electron chi connectivity index (χ4n) is 9.99. The summed E-state index contributed by atoms with van der Waals surface area (Å²) in [7, 11) is 0. The van der Waals surface area contributed by atoms with Gasteiger partial charge in [-0.2, -0.15) is 0 Å². The Morgan fingerprint density at radius 1 is 0.516 bits per heavy atom. The zero-order valence-corrected chi connectivity index (χ0v) is 35.8. The molecule has 5 heteroatoms. The quantitative estimate of drug-likeness (QED) is 0.170. The number of furan rings is 1. The maximum absolute atomic E-state index is 7.00. The zero-order valence-electron chi connectivity index (χ0n) is 35.0. The molecular weight excluding hydrogens is 799 g/mol. The Morgan fingerprint density at radius 3 is 2.11 bits per heavy atom. The van der Waals surface area contributed by atoms with Crippen LogP contribution in [-0.4, -0.2) is 16.1 Å². The lowest BCUT2D eigenvalue weighted by atomic mass is 9.90. The van der Waals surface area contributed by atoms with Crippen LogP contribution in [0.25, 0.3) is 97.2 Å². The normalized spacial score (nSPS) is 17.1. The van der Waals surface area contributed by atoms with Crippen molar-refractivity contribution < 1.29 is 4.42 Å². The number of fused-ring (bicyclic) bond motifs is 10. The maximum atomic E-state index is 7.00. The monoisotopic (exact) mass is 837 g/mol. The molecule has 302 valence electrons. The lowest BCUT2D eigenvalue weighted by Gasteiger charge is -2.21. The second-order valence-electron chi connectivity index (χ2n) is 16.9. The third kappa shape index (κ3) is 5.82. The largest absolute Gasteiger partial charge is 0.454 e. The molecule has 0 radical (unpaired) electrons. The second-order valence-corrected chi connectivity index (χ2v) is 18.0. The highest BCUT2D eigenvalue weighted by Crippen LogP contribution is 2.44. The molecule has 1 aliphatic rings. The van der Waals surface area contributed by atoms with Crippen LogP contribution >= 0.6 is 11.3 Å². The van der Waals surface area contributed by atoms with Gasteiger partial charge in [0.1, 0.15) is 5.58 Å². The van der Waals surface area contributed by atoms with Gasteiger partial charge >= 0.3 is 0 Å². The van der Waals surface area contributed by atoms with Gasteiger partial charge in [0.15, 0.2) is 11.4 Å². The Morgan fingerprint density at radius 2 is 1.22 bits per heavy atom. The molecule has 9 aromatic carbocycles. The topological polar surface area (TPSA) is 42.8 Å². The summed E-state index contributed by atoms with van der Waals surface area (Å²) < 4.78 is 12.0. The molecule has 13 rings (SSSR count). The van der Waals surface area contributed by atoms with Gasteiger partial charge in [-0.25, -0.2) is 9.98 Å². The average molecular weight is 838 g/mol.